The predicted molar refractivity (Wildman–Crippen MR) is 76.3 cm³/mol. The van der Waals surface area contributed by atoms with Gasteiger partial charge in [-0.25, -0.2) is 4.79 Å². The van der Waals surface area contributed by atoms with Crippen LogP contribution in [-0.4, -0.2) is 11.1 Å². The zero-order valence-electron chi connectivity index (χ0n) is 10.6. The van der Waals surface area contributed by atoms with Gasteiger partial charge in [0.15, 0.2) is 0 Å². The van der Waals surface area contributed by atoms with E-state index < -0.39 is 5.97 Å². The lowest BCUT2D eigenvalue weighted by Crippen LogP contribution is -2.11. The van der Waals surface area contributed by atoms with Crippen LogP contribution in [0.1, 0.15) is 28.9 Å². The maximum atomic E-state index is 11.2. The van der Waals surface area contributed by atoms with Crippen LogP contribution in [0.15, 0.2) is 48.5 Å². The van der Waals surface area contributed by atoms with Crippen LogP contribution in [-0.2, 0) is 0 Å². The van der Waals surface area contributed by atoms with Crippen molar-refractivity contribution in [1.82, 2.24) is 0 Å². The van der Waals surface area contributed by atoms with Crippen molar-refractivity contribution in [2.75, 3.05) is 11.1 Å². The molecule has 0 aromatic heterocycles. The Hall–Kier alpha value is -2.49. The molecule has 0 heterocycles. The van der Waals surface area contributed by atoms with Gasteiger partial charge in [0.05, 0.1) is 5.56 Å². The zero-order valence-corrected chi connectivity index (χ0v) is 10.6. The molecule has 4 nitrogen and oxygen atoms in total. The lowest BCUT2D eigenvalue weighted by Gasteiger charge is -2.17. The summed E-state index contributed by atoms with van der Waals surface area (Å²) in [7, 11) is 0. The molecule has 1 unspecified atom stereocenters. The Kier molecular flexibility index (Phi) is 3.71. The van der Waals surface area contributed by atoms with E-state index >= 15 is 0 Å². The Morgan fingerprint density at radius 2 is 1.89 bits per heavy atom. The van der Waals surface area contributed by atoms with Crippen LogP contribution in [0.5, 0.6) is 0 Å². The molecule has 0 saturated carbocycles. The Morgan fingerprint density at radius 1 is 1.21 bits per heavy atom. The second kappa shape index (κ2) is 5.44. The summed E-state index contributed by atoms with van der Waals surface area (Å²) < 4.78 is 0. The molecule has 2 rings (SSSR count). The Bertz CT molecular complexity index is 582. The van der Waals surface area contributed by atoms with Gasteiger partial charge in [-0.1, -0.05) is 30.3 Å². The van der Waals surface area contributed by atoms with E-state index in [0.717, 1.165) is 5.56 Å². The molecular weight excluding hydrogens is 240 g/mol. The van der Waals surface area contributed by atoms with Crippen molar-refractivity contribution in [3.63, 3.8) is 0 Å². The monoisotopic (exact) mass is 256 g/mol. The number of nitrogens with one attached hydrogen (secondary N) is 1. The van der Waals surface area contributed by atoms with Crippen LogP contribution in [0.4, 0.5) is 11.4 Å². The topological polar surface area (TPSA) is 75.3 Å². The first-order chi connectivity index (χ1) is 9.08. The Morgan fingerprint density at radius 3 is 2.53 bits per heavy atom. The first-order valence-corrected chi connectivity index (χ1v) is 6.02. The van der Waals surface area contributed by atoms with Crippen molar-refractivity contribution in [3.05, 3.63) is 59.7 Å². The van der Waals surface area contributed by atoms with E-state index in [-0.39, 0.29) is 11.6 Å². The molecule has 0 aliphatic carbocycles. The van der Waals surface area contributed by atoms with E-state index in [4.69, 9.17) is 5.73 Å². The van der Waals surface area contributed by atoms with Crippen LogP contribution in [0.25, 0.3) is 0 Å². The number of rotatable bonds is 4. The van der Waals surface area contributed by atoms with E-state index in [1.54, 1.807) is 12.1 Å². The average molecular weight is 256 g/mol. The van der Waals surface area contributed by atoms with Gasteiger partial charge in [-0.3, -0.25) is 0 Å². The number of hydrogen-bond donors (Lipinski definition) is 3. The number of nitrogens with two attached hydrogens (primary N) is 1. The zero-order chi connectivity index (χ0) is 13.8. The third kappa shape index (κ3) is 3.04. The van der Waals surface area contributed by atoms with Crippen LogP contribution in [0, 0.1) is 0 Å². The first-order valence-electron chi connectivity index (χ1n) is 6.02. The number of carboxylic acids is 1. The molecule has 0 spiro atoms. The molecule has 98 valence electrons. The fraction of sp³-hybridized carbons (Fsp3) is 0.133. The van der Waals surface area contributed by atoms with Crippen LogP contribution < -0.4 is 11.1 Å². The molecule has 0 aliphatic rings. The van der Waals surface area contributed by atoms with Gasteiger partial charge < -0.3 is 16.2 Å². The highest BCUT2D eigenvalue weighted by atomic mass is 16.4. The van der Waals surface area contributed by atoms with Crippen molar-refractivity contribution in [2.24, 2.45) is 0 Å². The van der Waals surface area contributed by atoms with Gasteiger partial charge in [-0.05, 0) is 30.7 Å². The molecule has 2 aromatic rings. The molecule has 0 bridgehead atoms. The minimum atomic E-state index is -0.991. The van der Waals surface area contributed by atoms with Gasteiger partial charge in [-0.15, -0.1) is 0 Å². The third-order valence-electron chi connectivity index (χ3n) is 2.95. The highest BCUT2D eigenvalue weighted by Gasteiger charge is 2.13. The molecule has 0 saturated heterocycles. The maximum absolute atomic E-state index is 11.2. The predicted octanol–water partition coefficient (Wildman–Crippen LogP) is 3.14. The summed E-state index contributed by atoms with van der Waals surface area (Å²) in [4.78, 5) is 11.2. The van der Waals surface area contributed by atoms with Crippen molar-refractivity contribution in [2.45, 2.75) is 13.0 Å². The average Bonchev–Trinajstić information content (AvgIpc) is 2.41. The number of carbonyl (C=O) groups is 1. The summed E-state index contributed by atoms with van der Waals surface area (Å²) in [5.74, 6) is -0.991. The van der Waals surface area contributed by atoms with Gasteiger partial charge in [0.1, 0.15) is 0 Å². The SMILES string of the molecule is CC(Nc1ccc(N)cc1C(=O)O)c1ccccc1. The minimum absolute atomic E-state index is 0.0166. The Balaban J connectivity index is 2.26. The molecule has 2 aromatic carbocycles. The first kappa shape index (κ1) is 13.0. The third-order valence-corrected chi connectivity index (χ3v) is 2.95. The number of hydrogen-bond acceptors (Lipinski definition) is 3. The summed E-state index contributed by atoms with van der Waals surface area (Å²) in [6.45, 7) is 1.98. The van der Waals surface area contributed by atoms with Gasteiger partial charge in [0.25, 0.3) is 0 Å². The molecular formula is C15H16N2O2. The normalized spacial score (nSPS) is 11.8. The van der Waals surface area contributed by atoms with Gasteiger partial charge in [-0.2, -0.15) is 0 Å². The van der Waals surface area contributed by atoms with E-state index in [1.807, 2.05) is 37.3 Å². The molecule has 1 atom stereocenters. The number of aromatic carboxylic acids is 1. The summed E-state index contributed by atoms with van der Waals surface area (Å²) in [6, 6.07) is 14.7. The van der Waals surface area contributed by atoms with Crippen molar-refractivity contribution in [1.29, 1.82) is 0 Å². The van der Waals surface area contributed by atoms with Crippen LogP contribution >= 0.6 is 0 Å². The number of carboxylic acid groups (broad SMARTS) is 1. The summed E-state index contributed by atoms with van der Waals surface area (Å²) >= 11 is 0. The largest absolute Gasteiger partial charge is 0.478 e. The summed E-state index contributed by atoms with van der Waals surface area (Å²) in [6.07, 6.45) is 0. The van der Waals surface area contributed by atoms with Crippen molar-refractivity contribution >= 4 is 17.3 Å². The van der Waals surface area contributed by atoms with Crippen molar-refractivity contribution in [3.8, 4) is 0 Å². The van der Waals surface area contributed by atoms with Gasteiger partial charge >= 0.3 is 5.97 Å². The fourth-order valence-electron chi connectivity index (χ4n) is 1.92. The quantitative estimate of drug-likeness (QED) is 0.734. The lowest BCUT2D eigenvalue weighted by atomic mass is 10.1. The highest BCUT2D eigenvalue weighted by molar-refractivity contribution is 5.95. The maximum Gasteiger partial charge on any atom is 0.337 e. The van der Waals surface area contributed by atoms with Crippen molar-refractivity contribution < 1.29 is 9.90 Å². The van der Waals surface area contributed by atoms with E-state index in [9.17, 15) is 9.90 Å². The fourth-order valence-corrected chi connectivity index (χ4v) is 1.92. The van der Waals surface area contributed by atoms with E-state index in [0.29, 0.717) is 11.4 Å². The van der Waals surface area contributed by atoms with Gasteiger partial charge in [0.2, 0.25) is 0 Å². The number of nitrogen functional groups attached to an aromatic ring is 1. The molecule has 0 fully saturated rings. The van der Waals surface area contributed by atoms with Gasteiger partial charge in [0, 0.05) is 17.4 Å². The summed E-state index contributed by atoms with van der Waals surface area (Å²) in [5.41, 5.74) is 7.90. The molecule has 4 heteroatoms. The van der Waals surface area contributed by atoms with Crippen LogP contribution in [0.3, 0.4) is 0 Å². The van der Waals surface area contributed by atoms with E-state index in [1.165, 1.54) is 6.07 Å². The molecule has 4 N–H and O–H groups in total. The number of benzene rings is 2. The molecule has 0 aliphatic heterocycles. The molecule has 0 amide bonds. The Labute approximate surface area is 111 Å². The summed E-state index contributed by atoms with van der Waals surface area (Å²) in [5, 5.41) is 12.4. The standard InChI is InChI=1S/C15H16N2O2/c1-10(11-5-3-2-4-6-11)17-14-8-7-12(16)9-13(14)15(18)19/h2-10,17H,16H2,1H3,(H,18,19). The van der Waals surface area contributed by atoms with Crippen LogP contribution in [0.2, 0.25) is 0 Å². The number of anilines is 2. The smallest absolute Gasteiger partial charge is 0.337 e. The molecule has 0 radical (unpaired) electrons. The second-order valence-corrected chi connectivity index (χ2v) is 4.39. The molecule has 19 heavy (non-hydrogen) atoms. The van der Waals surface area contributed by atoms with E-state index in [2.05, 4.69) is 5.32 Å². The minimum Gasteiger partial charge on any atom is -0.478 e. The lowest BCUT2D eigenvalue weighted by molar-refractivity contribution is 0.0698. The second-order valence-electron chi connectivity index (χ2n) is 4.39. The highest BCUT2D eigenvalue weighted by Crippen LogP contribution is 2.24.